The molecule has 0 saturated carbocycles. The molecule has 20 heteroatoms. The first-order valence-corrected chi connectivity index (χ1v) is 21.2. The number of benzene rings is 6. The van der Waals surface area contributed by atoms with Gasteiger partial charge in [-0.2, -0.15) is 36.5 Å². The third kappa shape index (κ3) is 13.1. The molecule has 13 nitrogen and oxygen atoms in total. The summed E-state index contributed by atoms with van der Waals surface area (Å²) in [6.45, 7) is 3.58. The number of esters is 1. The number of aromatic carboxylic acids is 1. The summed E-state index contributed by atoms with van der Waals surface area (Å²) in [4.78, 5) is 48.8. The molecular weight excluding hydrogens is 946 g/mol. The Labute approximate surface area is 423 Å². The molecule has 6 N–H and O–H groups in total. The molecule has 2 amide bonds. The molecule has 8 aromatic rings. The molecule has 2 atom stereocenters. The molecule has 0 spiro atoms. The average molecular weight is 989 g/mol. The van der Waals surface area contributed by atoms with E-state index < -0.39 is 53.3 Å². The summed E-state index contributed by atoms with van der Waals surface area (Å²) in [5.74, 6) is -2.31. The average Bonchev–Trinajstić information content (AvgIpc) is 3.98. The van der Waals surface area contributed by atoms with Gasteiger partial charge in [0, 0.05) is 10.8 Å². The van der Waals surface area contributed by atoms with E-state index in [1.165, 1.54) is 43.5 Å². The SMILES string of the molecule is COC(=O)c1ccc([C@H](C)NC(=O)c2n[nH]c3cccc(Cc4ccc(C(F)(F)F)cc4)c23)cc1.C[C@H](NC(=O)c1n[nH]c2cccc(Cc3ccc(C(F)(F)F)cc3)c12)c1ccc(C(=O)O)cc1.[Na+].[OH-]. The Morgan fingerprint density at radius 2 is 0.944 bits per heavy atom. The van der Waals surface area contributed by atoms with Gasteiger partial charge < -0.3 is 26.0 Å². The number of amides is 2. The van der Waals surface area contributed by atoms with E-state index in [4.69, 9.17) is 9.84 Å². The zero-order chi connectivity index (χ0) is 49.6. The van der Waals surface area contributed by atoms with Crippen LogP contribution in [0.3, 0.4) is 0 Å². The molecule has 6 aromatic carbocycles. The molecule has 362 valence electrons. The van der Waals surface area contributed by atoms with E-state index in [9.17, 15) is 45.5 Å². The van der Waals surface area contributed by atoms with Crippen LogP contribution in [-0.2, 0) is 29.9 Å². The van der Waals surface area contributed by atoms with Crippen molar-refractivity contribution in [2.45, 2.75) is 51.1 Å². The molecule has 8 rings (SSSR count). The molecule has 0 aliphatic heterocycles. The first-order valence-electron chi connectivity index (χ1n) is 21.2. The first kappa shape index (κ1) is 54.6. The number of halogens is 6. The molecule has 0 bridgehead atoms. The van der Waals surface area contributed by atoms with Gasteiger partial charge in [-0.3, -0.25) is 19.8 Å². The zero-order valence-electron chi connectivity index (χ0n) is 38.4. The predicted octanol–water partition coefficient (Wildman–Crippen LogP) is 7.64. The molecule has 0 aliphatic carbocycles. The number of nitrogens with zero attached hydrogens (tertiary/aromatic N) is 2. The van der Waals surface area contributed by atoms with Crippen LogP contribution in [0.15, 0.2) is 133 Å². The summed E-state index contributed by atoms with van der Waals surface area (Å²) in [6.07, 6.45) is -8.15. The molecule has 0 radical (unpaired) electrons. The summed E-state index contributed by atoms with van der Waals surface area (Å²) in [7, 11) is 1.30. The molecule has 0 fully saturated rings. The van der Waals surface area contributed by atoms with Crippen molar-refractivity contribution < 1.29 is 90.4 Å². The minimum Gasteiger partial charge on any atom is -0.870 e. The number of carbonyl (C=O) groups is 4. The first-order chi connectivity index (χ1) is 32.8. The number of carboxylic acid groups (broad SMARTS) is 1. The fourth-order valence-electron chi connectivity index (χ4n) is 7.61. The second-order valence-corrected chi connectivity index (χ2v) is 16.0. The van der Waals surface area contributed by atoms with Gasteiger partial charge in [-0.15, -0.1) is 0 Å². The van der Waals surface area contributed by atoms with Gasteiger partial charge in [-0.25, -0.2) is 9.59 Å². The Morgan fingerprint density at radius 3 is 1.28 bits per heavy atom. The van der Waals surface area contributed by atoms with Gasteiger partial charge in [0.05, 0.1) is 52.5 Å². The second kappa shape index (κ2) is 23.1. The van der Waals surface area contributed by atoms with Gasteiger partial charge in [-0.05, 0) is 121 Å². The second-order valence-electron chi connectivity index (χ2n) is 16.0. The van der Waals surface area contributed by atoms with E-state index in [-0.39, 0.29) is 58.0 Å². The number of aromatic nitrogens is 4. The molecule has 0 saturated heterocycles. The van der Waals surface area contributed by atoms with E-state index >= 15 is 0 Å². The van der Waals surface area contributed by atoms with Crippen LogP contribution in [0.1, 0.15) is 112 Å². The number of fused-ring (bicyclic) bond motifs is 2. The summed E-state index contributed by atoms with van der Waals surface area (Å²) in [6, 6.07) is 32.8. The third-order valence-corrected chi connectivity index (χ3v) is 11.3. The Morgan fingerprint density at radius 1 is 0.577 bits per heavy atom. The van der Waals surface area contributed by atoms with Crippen LogP contribution in [0.25, 0.3) is 21.8 Å². The van der Waals surface area contributed by atoms with E-state index in [0.29, 0.717) is 51.3 Å². The number of aromatic amines is 2. The van der Waals surface area contributed by atoms with E-state index in [1.807, 2.05) is 13.0 Å². The van der Waals surface area contributed by atoms with Gasteiger partial charge in [0.1, 0.15) is 0 Å². The maximum Gasteiger partial charge on any atom is 1.00 e. The maximum absolute atomic E-state index is 13.1. The predicted molar refractivity (Wildman–Crippen MR) is 246 cm³/mol. The van der Waals surface area contributed by atoms with Crippen LogP contribution in [0.5, 0.6) is 0 Å². The molecule has 2 heterocycles. The Bertz CT molecular complexity index is 3140. The number of hydrogen-bond acceptors (Lipinski definition) is 8. The molecule has 0 aliphatic rings. The van der Waals surface area contributed by atoms with Crippen molar-refractivity contribution in [3.05, 3.63) is 200 Å². The van der Waals surface area contributed by atoms with Gasteiger partial charge >= 0.3 is 53.8 Å². The van der Waals surface area contributed by atoms with Crippen molar-refractivity contribution in [3.8, 4) is 0 Å². The monoisotopic (exact) mass is 988 g/mol. The minimum atomic E-state index is -4.40. The van der Waals surface area contributed by atoms with Crippen LogP contribution in [0, 0.1) is 0 Å². The van der Waals surface area contributed by atoms with Gasteiger partial charge in [-0.1, -0.05) is 72.8 Å². The van der Waals surface area contributed by atoms with Crippen LogP contribution >= 0.6 is 0 Å². The molecule has 0 unspecified atom stereocenters. The largest absolute Gasteiger partial charge is 1.00 e. The Hall–Kier alpha value is -7.32. The fourth-order valence-corrected chi connectivity index (χ4v) is 7.61. The van der Waals surface area contributed by atoms with Crippen molar-refractivity contribution in [2.75, 3.05) is 7.11 Å². The van der Waals surface area contributed by atoms with Crippen LogP contribution in [-0.4, -0.2) is 61.8 Å². The van der Waals surface area contributed by atoms with Gasteiger partial charge in [0.2, 0.25) is 0 Å². The van der Waals surface area contributed by atoms with Gasteiger partial charge in [0.25, 0.3) is 11.8 Å². The number of H-pyrrole nitrogens is 2. The van der Waals surface area contributed by atoms with E-state index in [2.05, 4.69) is 31.0 Å². The van der Waals surface area contributed by atoms with Crippen molar-refractivity contribution in [1.82, 2.24) is 31.0 Å². The van der Waals surface area contributed by atoms with E-state index in [0.717, 1.165) is 46.5 Å². The number of carboxylic acids is 1. The van der Waals surface area contributed by atoms with E-state index in [1.54, 1.807) is 73.7 Å². The number of methoxy groups -OCH3 is 1. The van der Waals surface area contributed by atoms with Crippen molar-refractivity contribution >= 4 is 45.6 Å². The Balaban J connectivity index is 0.000000257. The molecule has 2 aromatic heterocycles. The summed E-state index contributed by atoms with van der Waals surface area (Å²) in [5, 5.41) is 30.0. The zero-order valence-corrected chi connectivity index (χ0v) is 40.4. The number of carbonyl (C=O) groups excluding carboxylic acids is 3. The van der Waals surface area contributed by atoms with Crippen molar-refractivity contribution in [3.63, 3.8) is 0 Å². The number of hydrogen-bond donors (Lipinski definition) is 5. The quantitative estimate of drug-likeness (QED) is 0.0462. The van der Waals surface area contributed by atoms with Gasteiger partial charge in [0.15, 0.2) is 11.4 Å². The maximum atomic E-state index is 13.1. The Kier molecular flexibility index (Phi) is 17.7. The van der Waals surface area contributed by atoms with Crippen molar-refractivity contribution in [2.24, 2.45) is 0 Å². The van der Waals surface area contributed by atoms with Crippen molar-refractivity contribution in [1.29, 1.82) is 0 Å². The minimum absolute atomic E-state index is 0. The van der Waals surface area contributed by atoms with Crippen LogP contribution < -0.4 is 40.2 Å². The number of alkyl halides is 6. The summed E-state index contributed by atoms with van der Waals surface area (Å²) in [5.41, 5.74) is 5.13. The normalized spacial score (nSPS) is 12.1. The summed E-state index contributed by atoms with van der Waals surface area (Å²) < 4.78 is 81.9. The smallest absolute Gasteiger partial charge is 0.870 e. The number of ether oxygens (including phenoxy) is 1. The number of rotatable bonds is 12. The number of nitrogens with one attached hydrogen (secondary N) is 4. The van der Waals surface area contributed by atoms with Crippen LogP contribution in [0.4, 0.5) is 26.3 Å². The molecule has 71 heavy (non-hydrogen) atoms. The molecular formula is C51H43F6N6NaO7. The third-order valence-electron chi connectivity index (χ3n) is 11.3. The van der Waals surface area contributed by atoms with Crippen LogP contribution in [0.2, 0.25) is 0 Å². The fraction of sp³-hybridized carbons (Fsp3) is 0.176. The standard InChI is InChI=1S/C26H22F3N3O3.C25H20F3N3O3.Na.H2O/c1-15(17-8-10-18(11-9-17)25(34)35-2)30-24(33)23-22-19(4-3-5-21(22)31-32-23)14-16-6-12-20(13-7-16)26(27,28)29;1-14(16-7-9-17(10-8-16)24(33)34)29-23(32)22-21-18(3-2-4-20(21)30-31-22)13-15-5-11-19(12-6-15)25(26,27)28;;/h3-13,15H,14H2,1-2H3,(H,30,33)(H,31,32);2-12,14H,13H2,1H3,(H,29,32)(H,30,31)(H,33,34);;1H2/q;;+1;/p-1/t15-;14-;;/m00../s1. The summed E-state index contributed by atoms with van der Waals surface area (Å²) >= 11 is 0. The topological polar surface area (TPSA) is 209 Å².